The standard InChI is InChI=1S/C22H21Cl2FN2O5/c1-14(28)15-2-4-19(18(25)10-15)26-6-8-27(9-7-26)21(29)12-32-22(30)13-31-20-5-3-16(23)11-17(20)24/h2-5,10-11H,6-9,12-13H2,1H3. The largest absolute Gasteiger partial charge is 0.480 e. The maximum atomic E-state index is 14.3. The highest BCUT2D eigenvalue weighted by molar-refractivity contribution is 6.35. The van der Waals surface area contributed by atoms with Gasteiger partial charge >= 0.3 is 5.97 Å². The van der Waals surface area contributed by atoms with Crippen molar-refractivity contribution in [3.05, 3.63) is 57.8 Å². The first kappa shape index (κ1) is 23.8. The highest BCUT2D eigenvalue weighted by Gasteiger charge is 2.24. The molecule has 10 heteroatoms. The van der Waals surface area contributed by atoms with Gasteiger partial charge in [-0.1, -0.05) is 23.2 Å². The number of carbonyl (C=O) groups excluding carboxylic acids is 3. The van der Waals surface area contributed by atoms with Gasteiger partial charge in [-0.05, 0) is 43.3 Å². The van der Waals surface area contributed by atoms with Gasteiger partial charge in [-0.3, -0.25) is 9.59 Å². The summed E-state index contributed by atoms with van der Waals surface area (Å²) in [4.78, 5) is 38.9. The highest BCUT2D eigenvalue weighted by atomic mass is 35.5. The van der Waals surface area contributed by atoms with Crippen LogP contribution in [0.25, 0.3) is 0 Å². The summed E-state index contributed by atoms with van der Waals surface area (Å²) in [7, 11) is 0. The van der Waals surface area contributed by atoms with Crippen LogP contribution in [-0.2, 0) is 14.3 Å². The monoisotopic (exact) mass is 482 g/mol. The number of esters is 1. The van der Waals surface area contributed by atoms with Crippen molar-refractivity contribution in [1.29, 1.82) is 0 Å². The number of amides is 1. The van der Waals surface area contributed by atoms with E-state index >= 15 is 0 Å². The van der Waals surface area contributed by atoms with Gasteiger partial charge in [-0.25, -0.2) is 9.18 Å². The van der Waals surface area contributed by atoms with Crippen LogP contribution in [0.1, 0.15) is 17.3 Å². The average molecular weight is 483 g/mol. The Hall–Kier alpha value is -2.84. The minimum Gasteiger partial charge on any atom is -0.480 e. The zero-order valence-corrected chi connectivity index (χ0v) is 18.8. The minimum atomic E-state index is -0.712. The van der Waals surface area contributed by atoms with E-state index < -0.39 is 25.0 Å². The Balaban J connectivity index is 1.43. The maximum absolute atomic E-state index is 14.3. The second-order valence-electron chi connectivity index (χ2n) is 7.11. The molecule has 2 aromatic carbocycles. The molecule has 1 saturated heterocycles. The molecule has 0 saturated carbocycles. The van der Waals surface area contributed by atoms with Crippen LogP contribution >= 0.6 is 23.2 Å². The molecule has 0 radical (unpaired) electrons. The van der Waals surface area contributed by atoms with Crippen molar-refractivity contribution in [2.45, 2.75) is 6.92 Å². The molecule has 1 amide bonds. The number of anilines is 1. The molecule has 1 aliphatic heterocycles. The lowest BCUT2D eigenvalue weighted by atomic mass is 10.1. The molecular weight excluding hydrogens is 462 g/mol. The topological polar surface area (TPSA) is 76.2 Å². The Morgan fingerprint density at radius 2 is 1.72 bits per heavy atom. The summed E-state index contributed by atoms with van der Waals surface area (Å²) < 4.78 is 24.6. The molecule has 0 N–H and O–H groups in total. The molecule has 32 heavy (non-hydrogen) atoms. The predicted molar refractivity (Wildman–Crippen MR) is 118 cm³/mol. The van der Waals surface area contributed by atoms with Crippen molar-refractivity contribution in [1.82, 2.24) is 4.90 Å². The van der Waals surface area contributed by atoms with Gasteiger partial charge in [0.1, 0.15) is 11.6 Å². The number of hydrogen-bond acceptors (Lipinski definition) is 6. The first-order valence-corrected chi connectivity index (χ1v) is 10.6. The van der Waals surface area contributed by atoms with Gasteiger partial charge in [0.15, 0.2) is 19.0 Å². The first-order chi connectivity index (χ1) is 15.2. The Kier molecular flexibility index (Phi) is 7.93. The van der Waals surface area contributed by atoms with Crippen LogP contribution in [-0.4, -0.2) is 62.0 Å². The molecule has 0 atom stereocenters. The molecule has 0 aliphatic carbocycles. The molecule has 0 aromatic heterocycles. The number of ether oxygens (including phenoxy) is 2. The molecule has 0 bridgehead atoms. The molecular formula is C22H21Cl2FN2O5. The molecule has 7 nitrogen and oxygen atoms in total. The van der Waals surface area contributed by atoms with Crippen molar-refractivity contribution >= 4 is 46.5 Å². The number of piperazine rings is 1. The van der Waals surface area contributed by atoms with Crippen LogP contribution in [0.5, 0.6) is 5.75 Å². The van der Waals surface area contributed by atoms with Gasteiger partial charge in [-0.2, -0.15) is 0 Å². The first-order valence-electron chi connectivity index (χ1n) is 9.81. The molecule has 0 spiro atoms. The number of Topliss-reactive ketones (excluding diaryl/α,β-unsaturated/α-hetero) is 1. The summed E-state index contributed by atoms with van der Waals surface area (Å²) in [5, 5.41) is 0.693. The smallest absolute Gasteiger partial charge is 0.344 e. The van der Waals surface area contributed by atoms with Gasteiger partial charge < -0.3 is 19.3 Å². The molecule has 0 unspecified atom stereocenters. The zero-order valence-electron chi connectivity index (χ0n) is 17.3. The van der Waals surface area contributed by atoms with Gasteiger partial charge in [0.2, 0.25) is 0 Å². The summed E-state index contributed by atoms with van der Waals surface area (Å²) in [6.45, 7) is 2.07. The number of carbonyl (C=O) groups is 3. The normalized spacial score (nSPS) is 13.6. The highest BCUT2D eigenvalue weighted by Crippen LogP contribution is 2.27. The number of hydrogen-bond donors (Lipinski definition) is 0. The van der Waals surface area contributed by atoms with E-state index in [4.69, 9.17) is 32.7 Å². The van der Waals surface area contributed by atoms with Gasteiger partial charge in [-0.15, -0.1) is 0 Å². The number of halogens is 3. The summed E-state index contributed by atoms with van der Waals surface area (Å²) in [6.07, 6.45) is 0. The van der Waals surface area contributed by atoms with Crippen molar-refractivity contribution < 1.29 is 28.2 Å². The SMILES string of the molecule is CC(=O)c1ccc(N2CCN(C(=O)COC(=O)COc3ccc(Cl)cc3Cl)CC2)c(F)c1. The molecule has 1 aliphatic rings. The van der Waals surface area contributed by atoms with Crippen molar-refractivity contribution in [3.8, 4) is 5.75 Å². The van der Waals surface area contributed by atoms with Gasteiger partial charge in [0, 0.05) is 36.8 Å². The summed E-state index contributed by atoms with van der Waals surface area (Å²) in [5.74, 6) is -1.47. The molecule has 3 rings (SSSR count). The third-order valence-electron chi connectivity index (χ3n) is 4.92. The van der Waals surface area contributed by atoms with Crippen molar-refractivity contribution in [2.75, 3.05) is 44.3 Å². The van der Waals surface area contributed by atoms with Crippen LogP contribution in [0, 0.1) is 5.82 Å². The van der Waals surface area contributed by atoms with Crippen LogP contribution in [0.3, 0.4) is 0 Å². The Bertz CT molecular complexity index is 1030. The van der Waals surface area contributed by atoms with E-state index in [2.05, 4.69) is 0 Å². The Labute approximate surface area is 194 Å². The van der Waals surface area contributed by atoms with E-state index in [0.717, 1.165) is 0 Å². The molecule has 170 valence electrons. The quantitative estimate of drug-likeness (QED) is 0.443. The Morgan fingerprint density at radius 1 is 1.00 bits per heavy atom. The fourth-order valence-electron chi connectivity index (χ4n) is 3.18. The van der Waals surface area contributed by atoms with Crippen LogP contribution in [0.4, 0.5) is 10.1 Å². The maximum Gasteiger partial charge on any atom is 0.344 e. The van der Waals surface area contributed by atoms with Crippen molar-refractivity contribution in [2.24, 2.45) is 0 Å². The third kappa shape index (κ3) is 6.11. The fraction of sp³-hybridized carbons (Fsp3) is 0.318. The number of nitrogens with zero attached hydrogens (tertiary/aromatic N) is 2. The second-order valence-corrected chi connectivity index (χ2v) is 7.96. The molecule has 1 heterocycles. The Morgan fingerprint density at radius 3 is 2.34 bits per heavy atom. The number of ketones is 1. The average Bonchev–Trinajstić information content (AvgIpc) is 2.77. The lowest BCUT2D eigenvalue weighted by Crippen LogP contribution is -2.50. The van der Waals surface area contributed by atoms with E-state index in [1.807, 2.05) is 0 Å². The summed E-state index contributed by atoms with van der Waals surface area (Å²) >= 11 is 11.8. The molecule has 1 fully saturated rings. The van der Waals surface area contributed by atoms with Crippen molar-refractivity contribution in [3.63, 3.8) is 0 Å². The second kappa shape index (κ2) is 10.7. The number of benzene rings is 2. The van der Waals surface area contributed by atoms with Crippen LogP contribution < -0.4 is 9.64 Å². The van der Waals surface area contributed by atoms with E-state index in [9.17, 15) is 18.8 Å². The summed E-state index contributed by atoms with van der Waals surface area (Å²) in [6, 6.07) is 8.94. The molecule has 2 aromatic rings. The fourth-order valence-corrected chi connectivity index (χ4v) is 3.65. The number of rotatable bonds is 7. The zero-order chi connectivity index (χ0) is 23.3. The minimum absolute atomic E-state index is 0.206. The van der Waals surface area contributed by atoms with Gasteiger partial charge in [0.05, 0.1) is 10.7 Å². The third-order valence-corrected chi connectivity index (χ3v) is 5.45. The lowest BCUT2D eigenvalue weighted by Gasteiger charge is -2.36. The van der Waals surface area contributed by atoms with E-state index in [1.54, 1.807) is 28.0 Å². The lowest BCUT2D eigenvalue weighted by molar-refractivity contribution is -0.153. The summed E-state index contributed by atoms with van der Waals surface area (Å²) in [5.41, 5.74) is 0.690. The predicted octanol–water partition coefficient (Wildman–Crippen LogP) is 3.61. The van der Waals surface area contributed by atoms with Crippen LogP contribution in [0.2, 0.25) is 10.0 Å². The van der Waals surface area contributed by atoms with Crippen LogP contribution in [0.15, 0.2) is 36.4 Å². The van der Waals surface area contributed by atoms with E-state index in [0.29, 0.717) is 42.5 Å². The van der Waals surface area contributed by atoms with Gasteiger partial charge in [0.25, 0.3) is 5.91 Å². The van der Waals surface area contributed by atoms with E-state index in [-0.39, 0.29) is 22.5 Å². The van der Waals surface area contributed by atoms with E-state index in [1.165, 1.54) is 25.1 Å².